The van der Waals surface area contributed by atoms with Gasteiger partial charge in [-0.1, -0.05) is 48.5 Å². The van der Waals surface area contributed by atoms with E-state index in [-0.39, 0.29) is 18.9 Å². The lowest BCUT2D eigenvalue weighted by Gasteiger charge is -2.28. The molecule has 9 heteroatoms. The van der Waals surface area contributed by atoms with Crippen LogP contribution in [0.25, 0.3) is 0 Å². The van der Waals surface area contributed by atoms with Crippen LogP contribution in [0, 0.1) is 5.92 Å². The first-order chi connectivity index (χ1) is 14.2. The van der Waals surface area contributed by atoms with E-state index in [4.69, 9.17) is 16.3 Å². The molecule has 1 fully saturated rings. The molecule has 162 valence electrons. The molecule has 0 radical (unpaired) electrons. The van der Waals surface area contributed by atoms with E-state index in [1.165, 1.54) is 31.0 Å². The number of hydrogen-bond acceptors (Lipinski definition) is 4. The molecular formula is C21H22ClF3N2O2S. The van der Waals surface area contributed by atoms with Crippen molar-refractivity contribution >= 4 is 40.1 Å². The van der Waals surface area contributed by atoms with Crippen LogP contribution in [0.3, 0.4) is 0 Å². The normalized spacial score (nSPS) is 25.5. The number of nitrogens with one attached hydrogen (secondary N) is 1. The van der Waals surface area contributed by atoms with Crippen LogP contribution >= 0.6 is 23.4 Å². The summed E-state index contributed by atoms with van der Waals surface area (Å²) in [6.07, 6.45) is 0.762. The summed E-state index contributed by atoms with van der Waals surface area (Å²) in [7, 11) is 1.47. The molecule has 0 saturated carbocycles. The molecular weight excluding hydrogens is 437 g/mol. The van der Waals surface area contributed by atoms with Gasteiger partial charge in [-0.15, -0.1) is 0 Å². The van der Waals surface area contributed by atoms with Crippen molar-refractivity contribution in [3.05, 3.63) is 52.6 Å². The molecule has 3 rings (SSSR count). The molecule has 2 atom stereocenters. The molecule has 30 heavy (non-hydrogen) atoms. The third-order valence-corrected chi connectivity index (χ3v) is 6.63. The minimum absolute atomic E-state index is 0.0682. The van der Waals surface area contributed by atoms with Crippen LogP contribution in [-0.2, 0) is 16.0 Å². The first kappa shape index (κ1) is 22.9. The zero-order valence-corrected chi connectivity index (χ0v) is 18.1. The maximum Gasteiger partial charge on any atom is 0.416 e. The monoisotopic (exact) mass is 458 g/mol. The fraction of sp³-hybridized carbons (Fsp3) is 0.429. The highest BCUT2D eigenvalue weighted by Crippen LogP contribution is 2.42. The molecule has 1 aliphatic heterocycles. The maximum atomic E-state index is 13.1. The number of aryl methyl sites for hydroxylation is 1. The Labute approximate surface area is 182 Å². The molecule has 1 aromatic carbocycles. The van der Waals surface area contributed by atoms with Crippen molar-refractivity contribution in [1.82, 2.24) is 5.32 Å². The first-order valence-corrected chi connectivity index (χ1v) is 10.7. The molecule has 1 aromatic rings. The third-order valence-electron chi connectivity index (χ3n) is 5.02. The molecule has 1 amide bonds. The third kappa shape index (κ3) is 5.10. The van der Waals surface area contributed by atoms with Gasteiger partial charge in [-0.2, -0.15) is 13.2 Å². The van der Waals surface area contributed by atoms with Gasteiger partial charge < -0.3 is 10.1 Å². The summed E-state index contributed by atoms with van der Waals surface area (Å²) in [5.74, 6) is -0.740. The number of ether oxygens (including phenoxy) is 1. The van der Waals surface area contributed by atoms with Crippen molar-refractivity contribution in [2.24, 2.45) is 10.9 Å². The van der Waals surface area contributed by atoms with Crippen LogP contribution in [0.15, 0.2) is 47.0 Å². The number of aliphatic imine (C=N–C) groups is 1. The minimum atomic E-state index is -4.41. The summed E-state index contributed by atoms with van der Waals surface area (Å²) in [4.78, 5) is 17.3. The smallest absolute Gasteiger partial charge is 0.383 e. The SMILES string of the molecule is CCc1cc(N=C2NC(=O)C(COC)(CC3C=C(C(F)(F)F)C=CC3)S2)ccc1Cl. The molecule has 2 unspecified atom stereocenters. The number of halogens is 4. The lowest BCUT2D eigenvalue weighted by molar-refractivity contribution is -0.123. The number of hydrogen-bond donors (Lipinski definition) is 1. The van der Waals surface area contributed by atoms with Gasteiger partial charge in [-0.25, -0.2) is 4.99 Å². The van der Waals surface area contributed by atoms with Gasteiger partial charge in [-0.3, -0.25) is 4.79 Å². The minimum Gasteiger partial charge on any atom is -0.383 e. The first-order valence-electron chi connectivity index (χ1n) is 9.49. The number of amidine groups is 1. The standard InChI is InChI=1S/C21H22ClF3N2O2S/c1-3-14-10-16(7-8-17(14)22)26-19-27-18(28)20(30-19,12-29-2)11-13-5-4-6-15(9-13)21(23,24)25/h4,6-10,13H,3,5,11-12H2,1-2H3,(H,26,27,28). The summed E-state index contributed by atoms with van der Waals surface area (Å²) in [5.41, 5.74) is 0.902. The van der Waals surface area contributed by atoms with Crippen molar-refractivity contribution in [1.29, 1.82) is 0 Å². The fourth-order valence-corrected chi connectivity index (χ4v) is 5.10. The molecule has 1 heterocycles. The molecule has 1 N–H and O–H groups in total. The number of rotatable bonds is 6. The van der Waals surface area contributed by atoms with Gasteiger partial charge in [-0.05, 0) is 48.9 Å². The van der Waals surface area contributed by atoms with Gasteiger partial charge in [0.05, 0.1) is 17.9 Å². The summed E-state index contributed by atoms with van der Waals surface area (Å²) >= 11 is 7.35. The number of amides is 1. The summed E-state index contributed by atoms with van der Waals surface area (Å²) in [6.45, 7) is 2.05. The number of allylic oxidation sites excluding steroid dienone is 4. The number of carbonyl (C=O) groups excluding carboxylic acids is 1. The van der Waals surface area contributed by atoms with Gasteiger partial charge in [0, 0.05) is 12.1 Å². The van der Waals surface area contributed by atoms with Gasteiger partial charge in [0.15, 0.2) is 5.17 Å². The highest BCUT2D eigenvalue weighted by molar-refractivity contribution is 8.16. The zero-order chi connectivity index (χ0) is 21.9. The van der Waals surface area contributed by atoms with E-state index < -0.39 is 22.4 Å². The number of methoxy groups -OCH3 is 1. The number of benzene rings is 1. The number of nitrogens with zero attached hydrogens (tertiary/aromatic N) is 1. The van der Waals surface area contributed by atoms with Crippen LogP contribution in [0.2, 0.25) is 5.02 Å². The lowest BCUT2D eigenvalue weighted by Crippen LogP contribution is -2.42. The van der Waals surface area contributed by atoms with Crippen molar-refractivity contribution in [2.75, 3.05) is 13.7 Å². The van der Waals surface area contributed by atoms with Gasteiger partial charge in [0.2, 0.25) is 5.91 Å². The van der Waals surface area contributed by atoms with E-state index >= 15 is 0 Å². The van der Waals surface area contributed by atoms with E-state index in [9.17, 15) is 18.0 Å². The van der Waals surface area contributed by atoms with Crippen molar-refractivity contribution in [3.8, 4) is 0 Å². The predicted molar refractivity (Wildman–Crippen MR) is 114 cm³/mol. The highest BCUT2D eigenvalue weighted by atomic mass is 35.5. The van der Waals surface area contributed by atoms with Gasteiger partial charge in [0.1, 0.15) is 4.75 Å². The summed E-state index contributed by atoms with van der Waals surface area (Å²) in [5, 5.41) is 3.81. The largest absolute Gasteiger partial charge is 0.416 e. The maximum absolute atomic E-state index is 13.1. The van der Waals surface area contributed by atoms with Crippen LogP contribution in [0.4, 0.5) is 18.9 Å². The highest BCUT2D eigenvalue weighted by Gasteiger charge is 2.48. The second kappa shape index (κ2) is 9.16. The van der Waals surface area contributed by atoms with E-state index in [0.29, 0.717) is 22.3 Å². The van der Waals surface area contributed by atoms with Crippen LogP contribution in [0.5, 0.6) is 0 Å². The van der Waals surface area contributed by atoms with Crippen LogP contribution < -0.4 is 5.32 Å². The van der Waals surface area contributed by atoms with E-state index in [2.05, 4.69) is 10.3 Å². The molecule has 0 bridgehead atoms. The number of thioether (sulfide) groups is 1. The lowest BCUT2D eigenvalue weighted by atomic mass is 9.86. The molecule has 2 aliphatic rings. The van der Waals surface area contributed by atoms with Crippen molar-refractivity contribution < 1.29 is 22.7 Å². The predicted octanol–water partition coefficient (Wildman–Crippen LogP) is 5.59. The second-order valence-electron chi connectivity index (χ2n) is 7.25. The average Bonchev–Trinajstić information content (AvgIpc) is 2.97. The molecule has 1 aliphatic carbocycles. The Bertz CT molecular complexity index is 914. The van der Waals surface area contributed by atoms with Crippen molar-refractivity contribution in [2.45, 2.75) is 37.1 Å². The van der Waals surface area contributed by atoms with E-state index in [1.807, 2.05) is 13.0 Å². The van der Waals surface area contributed by atoms with Gasteiger partial charge >= 0.3 is 6.18 Å². The van der Waals surface area contributed by atoms with Crippen LogP contribution in [-0.4, -0.2) is 35.7 Å². The average molecular weight is 459 g/mol. The second-order valence-corrected chi connectivity index (χ2v) is 9.03. The fourth-order valence-electron chi connectivity index (χ4n) is 3.56. The van der Waals surface area contributed by atoms with Crippen LogP contribution in [0.1, 0.15) is 25.3 Å². The Hall–Kier alpha value is -1.77. The van der Waals surface area contributed by atoms with Crippen molar-refractivity contribution in [3.63, 3.8) is 0 Å². The Kier molecular flexibility index (Phi) is 6.99. The number of alkyl halides is 3. The topological polar surface area (TPSA) is 50.7 Å². The molecule has 0 spiro atoms. The summed E-state index contributed by atoms with van der Waals surface area (Å²) in [6, 6.07) is 5.35. The van der Waals surface area contributed by atoms with Gasteiger partial charge in [0.25, 0.3) is 0 Å². The van der Waals surface area contributed by atoms with E-state index in [1.54, 1.807) is 12.1 Å². The summed E-state index contributed by atoms with van der Waals surface area (Å²) < 4.78 is 43.5. The Balaban J connectivity index is 1.84. The Morgan fingerprint density at radius 3 is 2.83 bits per heavy atom. The zero-order valence-electron chi connectivity index (χ0n) is 16.6. The molecule has 1 saturated heterocycles. The quantitative estimate of drug-likeness (QED) is 0.604. The number of carbonyl (C=O) groups is 1. The molecule has 4 nitrogen and oxygen atoms in total. The Morgan fingerprint density at radius 2 is 2.17 bits per heavy atom. The van der Waals surface area contributed by atoms with E-state index in [0.717, 1.165) is 18.1 Å². The Morgan fingerprint density at radius 1 is 1.40 bits per heavy atom. The molecule has 0 aromatic heterocycles.